The van der Waals surface area contributed by atoms with Crippen molar-refractivity contribution < 1.29 is 0 Å². The van der Waals surface area contributed by atoms with Crippen molar-refractivity contribution in [2.45, 2.75) is 31.3 Å². The molecule has 7 nitrogen and oxygen atoms in total. The Hall–Kier alpha value is -2.97. The van der Waals surface area contributed by atoms with Crippen molar-refractivity contribution >= 4 is 44.2 Å². The van der Waals surface area contributed by atoms with Gasteiger partial charge in [0.1, 0.15) is 21.2 Å². The maximum absolute atomic E-state index is 12.1. The average molecular weight is 439 g/mol. The third kappa shape index (κ3) is 3.88. The first-order valence-electron chi connectivity index (χ1n) is 9.74. The molecule has 30 heavy (non-hydrogen) atoms. The number of anilines is 2. The molecule has 0 amide bonds. The molecule has 0 radical (unpaired) electrons. The van der Waals surface area contributed by atoms with Gasteiger partial charge < -0.3 is 10.6 Å². The standard InChI is InChI=1S/C21H19ClN6OS/c22-16-3-2-10-28(20(16)29)15-7-8-18(24-12-15)25-13-5-6-14(11-13)26-21-27-17-4-1-9-23-19(17)30-21/h1-4,7-10,12-14H,5-6,11H2,(H,24,25)(H,26,27)/t13-,14-/m0/s1. The molecule has 0 saturated heterocycles. The molecule has 1 aliphatic rings. The van der Waals surface area contributed by atoms with Crippen molar-refractivity contribution in [2.24, 2.45) is 0 Å². The highest BCUT2D eigenvalue weighted by atomic mass is 35.5. The molecule has 0 bridgehead atoms. The van der Waals surface area contributed by atoms with Gasteiger partial charge in [-0.3, -0.25) is 9.36 Å². The fourth-order valence-corrected chi connectivity index (χ4v) is 4.79. The first-order chi connectivity index (χ1) is 14.7. The van der Waals surface area contributed by atoms with Crippen molar-refractivity contribution in [3.8, 4) is 5.69 Å². The molecule has 5 rings (SSSR count). The number of aromatic nitrogens is 4. The molecule has 0 aromatic carbocycles. The van der Waals surface area contributed by atoms with Crippen molar-refractivity contribution in [2.75, 3.05) is 10.6 Å². The molecule has 152 valence electrons. The van der Waals surface area contributed by atoms with Crippen LogP contribution in [0.25, 0.3) is 16.0 Å². The minimum Gasteiger partial charge on any atom is -0.367 e. The molecule has 9 heteroatoms. The minimum absolute atomic E-state index is 0.188. The molecule has 1 fully saturated rings. The van der Waals surface area contributed by atoms with E-state index in [-0.39, 0.29) is 10.6 Å². The van der Waals surface area contributed by atoms with Gasteiger partial charge in [0.05, 0.1) is 11.9 Å². The van der Waals surface area contributed by atoms with Crippen LogP contribution in [0.15, 0.2) is 59.8 Å². The molecule has 0 unspecified atom stereocenters. The second kappa shape index (κ2) is 8.04. The number of hydrogen-bond donors (Lipinski definition) is 2. The lowest BCUT2D eigenvalue weighted by molar-refractivity contribution is 0.722. The smallest absolute Gasteiger partial charge is 0.273 e. The summed E-state index contributed by atoms with van der Waals surface area (Å²) < 4.78 is 1.49. The second-order valence-electron chi connectivity index (χ2n) is 7.28. The fraction of sp³-hybridized carbons (Fsp3) is 0.238. The lowest BCUT2D eigenvalue weighted by Gasteiger charge is -2.15. The van der Waals surface area contributed by atoms with Crippen LogP contribution >= 0.6 is 22.9 Å². The van der Waals surface area contributed by atoms with Gasteiger partial charge in [0.15, 0.2) is 5.13 Å². The largest absolute Gasteiger partial charge is 0.367 e. The van der Waals surface area contributed by atoms with Gasteiger partial charge >= 0.3 is 0 Å². The molecule has 2 atom stereocenters. The van der Waals surface area contributed by atoms with Gasteiger partial charge in [0.25, 0.3) is 5.56 Å². The van der Waals surface area contributed by atoms with Crippen LogP contribution in [0.4, 0.5) is 10.9 Å². The summed E-state index contributed by atoms with van der Waals surface area (Å²) in [5, 5.41) is 8.15. The number of rotatable bonds is 5. The summed E-state index contributed by atoms with van der Waals surface area (Å²) >= 11 is 7.51. The summed E-state index contributed by atoms with van der Waals surface area (Å²) in [4.78, 5) is 26.5. The molecule has 4 aromatic heterocycles. The van der Waals surface area contributed by atoms with Crippen molar-refractivity contribution in [3.63, 3.8) is 0 Å². The van der Waals surface area contributed by atoms with Crippen LogP contribution in [0, 0.1) is 0 Å². The zero-order valence-electron chi connectivity index (χ0n) is 16.0. The van der Waals surface area contributed by atoms with E-state index in [9.17, 15) is 4.79 Å². The van der Waals surface area contributed by atoms with E-state index >= 15 is 0 Å². The summed E-state index contributed by atoms with van der Waals surface area (Å²) in [5.41, 5.74) is 1.36. The minimum atomic E-state index is -0.253. The number of halogens is 1. The molecule has 2 N–H and O–H groups in total. The Morgan fingerprint density at radius 3 is 2.73 bits per heavy atom. The molecule has 1 aliphatic carbocycles. The van der Waals surface area contributed by atoms with Gasteiger partial charge in [-0.2, -0.15) is 0 Å². The summed E-state index contributed by atoms with van der Waals surface area (Å²) in [6.45, 7) is 0. The Morgan fingerprint density at radius 2 is 1.93 bits per heavy atom. The predicted octanol–water partition coefficient (Wildman–Crippen LogP) is 4.34. The Labute approximate surface area is 181 Å². The molecule has 1 saturated carbocycles. The highest BCUT2D eigenvalue weighted by molar-refractivity contribution is 7.21. The highest BCUT2D eigenvalue weighted by Crippen LogP contribution is 2.29. The van der Waals surface area contributed by atoms with Gasteiger partial charge in [-0.1, -0.05) is 22.9 Å². The number of nitrogens with zero attached hydrogens (tertiary/aromatic N) is 4. The van der Waals surface area contributed by atoms with Crippen LogP contribution in [0.5, 0.6) is 0 Å². The van der Waals surface area contributed by atoms with Crippen LogP contribution in [0.1, 0.15) is 19.3 Å². The Balaban J connectivity index is 1.21. The van der Waals surface area contributed by atoms with Crippen molar-refractivity contribution in [1.82, 2.24) is 19.5 Å². The average Bonchev–Trinajstić information content (AvgIpc) is 3.37. The summed E-state index contributed by atoms with van der Waals surface area (Å²) in [6, 6.07) is 11.7. The molecular formula is C21H19ClN6OS. The molecule has 0 spiro atoms. The zero-order valence-corrected chi connectivity index (χ0v) is 17.5. The van der Waals surface area contributed by atoms with Gasteiger partial charge in [-0.25, -0.2) is 15.0 Å². The zero-order chi connectivity index (χ0) is 20.5. The predicted molar refractivity (Wildman–Crippen MR) is 121 cm³/mol. The molecule has 4 aromatic rings. The summed E-state index contributed by atoms with van der Waals surface area (Å²) in [6.07, 6.45) is 8.26. The van der Waals surface area contributed by atoms with Crippen molar-refractivity contribution in [1.29, 1.82) is 0 Å². The third-order valence-corrected chi connectivity index (χ3v) is 6.40. The van der Waals surface area contributed by atoms with Crippen LogP contribution in [-0.2, 0) is 0 Å². The lowest BCUT2D eigenvalue weighted by atomic mass is 10.2. The number of fused-ring (bicyclic) bond motifs is 1. The van der Waals surface area contributed by atoms with Crippen LogP contribution in [0.3, 0.4) is 0 Å². The first-order valence-corrected chi connectivity index (χ1v) is 10.9. The number of nitrogens with one attached hydrogen (secondary N) is 2. The highest BCUT2D eigenvalue weighted by Gasteiger charge is 2.25. The first kappa shape index (κ1) is 19.0. The van der Waals surface area contributed by atoms with Gasteiger partial charge in [0, 0.05) is 24.5 Å². The van der Waals surface area contributed by atoms with Crippen LogP contribution in [-0.4, -0.2) is 31.6 Å². The maximum Gasteiger partial charge on any atom is 0.273 e. The van der Waals surface area contributed by atoms with Gasteiger partial charge in [0.2, 0.25) is 0 Å². The quantitative estimate of drug-likeness (QED) is 0.482. The molecule has 4 heterocycles. The number of thiazole rings is 1. The SMILES string of the molecule is O=c1c(Cl)cccn1-c1ccc(N[C@H]2CC[C@H](Nc3nc4cccnc4s3)C2)nc1. The van der Waals surface area contributed by atoms with Crippen LogP contribution in [0.2, 0.25) is 5.02 Å². The Kier molecular flexibility index (Phi) is 5.10. The number of hydrogen-bond acceptors (Lipinski definition) is 7. The van der Waals surface area contributed by atoms with E-state index in [4.69, 9.17) is 11.6 Å². The van der Waals surface area contributed by atoms with Gasteiger partial charge in [-0.05, 0) is 55.7 Å². The lowest BCUT2D eigenvalue weighted by Crippen LogP contribution is -2.21. The topological polar surface area (TPSA) is 84.7 Å². The number of pyridine rings is 3. The fourth-order valence-electron chi connectivity index (χ4n) is 3.74. The summed E-state index contributed by atoms with van der Waals surface area (Å²) in [5.74, 6) is 0.795. The van der Waals surface area contributed by atoms with E-state index in [2.05, 4.69) is 25.6 Å². The van der Waals surface area contributed by atoms with E-state index in [1.165, 1.54) is 4.57 Å². The monoisotopic (exact) mass is 438 g/mol. The van der Waals surface area contributed by atoms with E-state index in [0.29, 0.717) is 17.8 Å². The second-order valence-corrected chi connectivity index (χ2v) is 8.66. The van der Waals surface area contributed by atoms with Gasteiger partial charge in [-0.15, -0.1) is 0 Å². The maximum atomic E-state index is 12.1. The Bertz CT molecular complexity index is 1210. The van der Waals surface area contributed by atoms with E-state index in [0.717, 1.165) is 40.6 Å². The molecular weight excluding hydrogens is 420 g/mol. The van der Waals surface area contributed by atoms with E-state index in [1.54, 1.807) is 42.1 Å². The Morgan fingerprint density at radius 1 is 1.07 bits per heavy atom. The van der Waals surface area contributed by atoms with Crippen molar-refractivity contribution in [3.05, 3.63) is 70.4 Å². The van der Waals surface area contributed by atoms with E-state index < -0.39 is 0 Å². The van der Waals surface area contributed by atoms with Crippen LogP contribution < -0.4 is 16.2 Å². The molecule has 0 aliphatic heterocycles. The summed E-state index contributed by atoms with van der Waals surface area (Å²) in [7, 11) is 0. The van der Waals surface area contributed by atoms with E-state index in [1.807, 2.05) is 24.3 Å². The normalized spacial score (nSPS) is 18.6. The third-order valence-electron chi connectivity index (χ3n) is 5.21.